The maximum atomic E-state index is 12.0. The highest BCUT2D eigenvalue weighted by Gasteiger charge is 2.28. The molecule has 0 spiro atoms. The van der Waals surface area contributed by atoms with Gasteiger partial charge < -0.3 is 9.47 Å². The van der Waals surface area contributed by atoms with Gasteiger partial charge in [-0.25, -0.2) is 14.2 Å². The van der Waals surface area contributed by atoms with E-state index >= 15 is 0 Å². The van der Waals surface area contributed by atoms with Crippen molar-refractivity contribution in [3.05, 3.63) is 83.7 Å². The largest absolute Gasteiger partial charge is 0.486 e. The second-order valence-electron chi connectivity index (χ2n) is 7.21. The molecule has 0 radical (unpaired) electrons. The van der Waals surface area contributed by atoms with Crippen molar-refractivity contribution in [2.45, 2.75) is 25.9 Å². The van der Waals surface area contributed by atoms with Gasteiger partial charge in [-0.15, -0.1) is 0 Å². The number of methoxy groups -OCH3 is 1. The van der Waals surface area contributed by atoms with Gasteiger partial charge in [-0.1, -0.05) is 30.9 Å². The number of hydrogen-bond donors (Lipinski definition) is 1. The molecule has 8 heteroatoms. The summed E-state index contributed by atoms with van der Waals surface area (Å²) in [6.07, 6.45) is 10.3. The Labute approximate surface area is 189 Å². The zero-order chi connectivity index (χ0) is 22.7. The molecular weight excluding hydrogens is 426 g/mol. The van der Waals surface area contributed by atoms with Crippen LogP contribution in [0, 0.1) is 0 Å². The van der Waals surface area contributed by atoms with E-state index < -0.39 is 11.0 Å². The standard InChI is InChI=1S/C24H23N3O4S/c1-4-18(16-13-25-24(30-3)26-14-16)20-10-11-21(19(20)5-2)31-17-8-6-15(7-9-17)22-12-23(28)27-32(22)29/h4-9,12-14,21H,2,10-11H2,1,3H3,(H,27,28)/b18-4-/t21-,32?/m1/s1. The molecule has 0 saturated heterocycles. The van der Waals surface area contributed by atoms with Crippen molar-refractivity contribution in [1.82, 2.24) is 14.7 Å². The molecule has 164 valence electrons. The minimum absolute atomic E-state index is 0.134. The minimum Gasteiger partial charge on any atom is -0.486 e. The summed E-state index contributed by atoms with van der Waals surface area (Å²) in [6, 6.07) is 7.58. The lowest BCUT2D eigenvalue weighted by Crippen LogP contribution is -2.16. The van der Waals surface area contributed by atoms with Crippen LogP contribution in [0.2, 0.25) is 0 Å². The number of hydrogen-bond acceptors (Lipinski definition) is 6. The van der Waals surface area contributed by atoms with Gasteiger partial charge in [0.2, 0.25) is 0 Å². The maximum absolute atomic E-state index is 12.0. The first-order valence-electron chi connectivity index (χ1n) is 10.1. The van der Waals surface area contributed by atoms with Gasteiger partial charge in [-0.3, -0.25) is 9.52 Å². The van der Waals surface area contributed by atoms with Gasteiger partial charge >= 0.3 is 6.01 Å². The molecule has 1 aliphatic heterocycles. The lowest BCUT2D eigenvalue weighted by Gasteiger charge is -2.17. The highest BCUT2D eigenvalue weighted by molar-refractivity contribution is 7.93. The van der Waals surface area contributed by atoms with Crippen LogP contribution in [0.25, 0.3) is 10.5 Å². The number of rotatable bonds is 7. The van der Waals surface area contributed by atoms with Crippen LogP contribution in [0.1, 0.15) is 30.9 Å². The Bertz CT molecular complexity index is 1160. The second-order valence-corrected chi connectivity index (χ2v) is 8.39. The van der Waals surface area contributed by atoms with Gasteiger partial charge in [-0.05, 0) is 54.2 Å². The number of ether oxygens (including phenoxy) is 2. The third-order valence-corrected chi connectivity index (χ3v) is 6.52. The third kappa shape index (κ3) is 4.27. The van der Waals surface area contributed by atoms with E-state index in [1.807, 2.05) is 31.2 Å². The predicted octanol–water partition coefficient (Wildman–Crippen LogP) is 3.75. The molecule has 7 nitrogen and oxygen atoms in total. The fourth-order valence-electron chi connectivity index (χ4n) is 3.91. The normalized spacial score (nSPS) is 20.8. The first kappa shape index (κ1) is 21.7. The summed E-state index contributed by atoms with van der Waals surface area (Å²) in [5.41, 5.74) is 4.88. The van der Waals surface area contributed by atoms with Gasteiger partial charge in [0.25, 0.3) is 5.91 Å². The summed E-state index contributed by atoms with van der Waals surface area (Å²) in [4.78, 5) is 20.3. The number of allylic oxidation sites excluding steroid dienone is 3. The molecular formula is C24H23N3O4S. The van der Waals surface area contributed by atoms with Crippen molar-refractivity contribution in [2.24, 2.45) is 0 Å². The van der Waals surface area contributed by atoms with E-state index in [1.165, 1.54) is 13.2 Å². The number of aromatic nitrogens is 2. The quantitative estimate of drug-likeness (QED) is 0.692. The Hall–Kier alpha value is -3.52. The van der Waals surface area contributed by atoms with Crippen LogP contribution in [0.3, 0.4) is 0 Å². The summed E-state index contributed by atoms with van der Waals surface area (Å²) in [6.45, 7) is 6.00. The lowest BCUT2D eigenvalue weighted by atomic mass is 9.96. The number of carbonyl (C=O) groups excluding carboxylic acids is 1. The van der Waals surface area contributed by atoms with Crippen molar-refractivity contribution in [3.8, 4) is 11.8 Å². The zero-order valence-corrected chi connectivity index (χ0v) is 18.6. The zero-order valence-electron chi connectivity index (χ0n) is 17.8. The van der Waals surface area contributed by atoms with Crippen LogP contribution >= 0.6 is 0 Å². The number of carbonyl (C=O) groups is 1. The van der Waals surface area contributed by atoms with E-state index in [1.54, 1.807) is 24.5 Å². The Balaban J connectivity index is 1.54. The van der Waals surface area contributed by atoms with Crippen LogP contribution in [0.5, 0.6) is 11.8 Å². The SMILES string of the molecule is C=CC1=C(/C(=C\C)c2cnc(OC)nc2)CC[C@H]1Oc1ccc(C2=CC(=O)NS2=O)cc1. The molecule has 32 heavy (non-hydrogen) atoms. The molecule has 2 atom stereocenters. The molecule has 1 aliphatic carbocycles. The summed E-state index contributed by atoms with van der Waals surface area (Å²) < 4.78 is 25.6. The topological polar surface area (TPSA) is 90.4 Å². The summed E-state index contributed by atoms with van der Waals surface area (Å²) in [5.74, 6) is 0.345. The summed E-state index contributed by atoms with van der Waals surface area (Å²) in [7, 11) is 0.0222. The average molecular weight is 450 g/mol. The minimum atomic E-state index is -1.52. The van der Waals surface area contributed by atoms with Crippen LogP contribution < -0.4 is 14.2 Å². The molecule has 2 aliphatic rings. The van der Waals surface area contributed by atoms with E-state index in [0.717, 1.165) is 40.7 Å². The molecule has 1 N–H and O–H groups in total. The maximum Gasteiger partial charge on any atom is 0.316 e. The monoisotopic (exact) mass is 449 g/mol. The second kappa shape index (κ2) is 9.32. The molecule has 1 aromatic heterocycles. The van der Waals surface area contributed by atoms with E-state index in [9.17, 15) is 9.00 Å². The van der Waals surface area contributed by atoms with Crippen LogP contribution in [-0.2, 0) is 15.8 Å². The number of amides is 1. The van der Waals surface area contributed by atoms with Crippen molar-refractivity contribution in [1.29, 1.82) is 0 Å². The fraction of sp³-hybridized carbons (Fsp3) is 0.208. The molecule has 1 unspecified atom stereocenters. The number of nitrogens with one attached hydrogen (secondary N) is 1. The third-order valence-electron chi connectivity index (χ3n) is 5.38. The first-order chi connectivity index (χ1) is 15.5. The van der Waals surface area contributed by atoms with E-state index in [-0.39, 0.29) is 12.0 Å². The molecule has 4 rings (SSSR count). The summed E-state index contributed by atoms with van der Waals surface area (Å²) in [5, 5.41) is 0. The highest BCUT2D eigenvalue weighted by atomic mass is 32.2. The van der Waals surface area contributed by atoms with Crippen molar-refractivity contribution in [3.63, 3.8) is 0 Å². The molecule has 0 bridgehead atoms. The van der Waals surface area contributed by atoms with Crippen LogP contribution in [0.4, 0.5) is 0 Å². The van der Waals surface area contributed by atoms with E-state index in [2.05, 4.69) is 21.3 Å². The molecule has 2 aromatic rings. The van der Waals surface area contributed by atoms with Crippen molar-refractivity contribution >= 4 is 27.4 Å². The Kier molecular flexibility index (Phi) is 6.32. The van der Waals surface area contributed by atoms with Gasteiger partial charge in [0, 0.05) is 24.0 Å². The van der Waals surface area contributed by atoms with Crippen molar-refractivity contribution < 1.29 is 18.5 Å². The molecule has 1 aromatic carbocycles. The summed E-state index contributed by atoms with van der Waals surface area (Å²) >= 11 is 0. The average Bonchev–Trinajstić information content (AvgIpc) is 3.37. The molecule has 2 heterocycles. The van der Waals surface area contributed by atoms with Crippen molar-refractivity contribution in [2.75, 3.05) is 7.11 Å². The Morgan fingerprint density at radius 1 is 1.25 bits per heavy atom. The van der Waals surface area contributed by atoms with Gasteiger partial charge in [-0.2, -0.15) is 0 Å². The highest BCUT2D eigenvalue weighted by Crippen LogP contribution is 2.39. The van der Waals surface area contributed by atoms with E-state index in [0.29, 0.717) is 16.7 Å². The van der Waals surface area contributed by atoms with Crippen LogP contribution in [-0.4, -0.2) is 33.3 Å². The first-order valence-corrected chi connectivity index (χ1v) is 11.3. The lowest BCUT2D eigenvalue weighted by molar-refractivity contribution is -0.114. The van der Waals surface area contributed by atoms with Gasteiger partial charge in [0.15, 0.2) is 11.0 Å². The van der Waals surface area contributed by atoms with Crippen LogP contribution in [0.15, 0.2) is 72.6 Å². The fourth-order valence-corrected chi connectivity index (χ4v) is 4.83. The number of benzene rings is 1. The van der Waals surface area contributed by atoms with Gasteiger partial charge in [0.05, 0.1) is 12.0 Å². The smallest absolute Gasteiger partial charge is 0.316 e. The van der Waals surface area contributed by atoms with Gasteiger partial charge in [0.1, 0.15) is 11.9 Å². The molecule has 0 fully saturated rings. The Morgan fingerprint density at radius 2 is 1.97 bits per heavy atom. The molecule has 0 saturated carbocycles. The Morgan fingerprint density at radius 3 is 2.53 bits per heavy atom. The van der Waals surface area contributed by atoms with E-state index in [4.69, 9.17) is 9.47 Å². The number of nitrogens with zero attached hydrogens (tertiary/aromatic N) is 2. The predicted molar refractivity (Wildman–Crippen MR) is 124 cm³/mol. The molecule has 1 amide bonds.